The molecule has 1 atom stereocenters. The highest BCUT2D eigenvalue weighted by Crippen LogP contribution is 2.26. The van der Waals surface area contributed by atoms with Crippen LogP contribution in [0, 0.1) is 0 Å². The standard InChI is InChI=1S/C14H18ClNO3/c1-9(2)16(10(3)17)13(14(18)19-4)11-5-7-12(15)8-6-11/h5-9,13H,1-4H3. The van der Waals surface area contributed by atoms with Gasteiger partial charge in [-0.25, -0.2) is 4.79 Å². The number of methoxy groups -OCH3 is 1. The molecule has 0 spiro atoms. The topological polar surface area (TPSA) is 46.6 Å². The van der Waals surface area contributed by atoms with Crippen molar-refractivity contribution in [3.8, 4) is 0 Å². The van der Waals surface area contributed by atoms with Crippen LogP contribution in [0.25, 0.3) is 0 Å². The molecule has 0 aromatic heterocycles. The minimum absolute atomic E-state index is 0.114. The van der Waals surface area contributed by atoms with Gasteiger partial charge < -0.3 is 9.64 Å². The smallest absolute Gasteiger partial charge is 0.333 e. The van der Waals surface area contributed by atoms with E-state index in [0.717, 1.165) is 0 Å². The van der Waals surface area contributed by atoms with E-state index in [1.807, 2.05) is 13.8 Å². The zero-order chi connectivity index (χ0) is 14.6. The third-order valence-corrected chi connectivity index (χ3v) is 3.06. The van der Waals surface area contributed by atoms with Crippen molar-refractivity contribution in [3.05, 3.63) is 34.9 Å². The van der Waals surface area contributed by atoms with E-state index in [0.29, 0.717) is 10.6 Å². The van der Waals surface area contributed by atoms with E-state index in [2.05, 4.69) is 0 Å². The highest BCUT2D eigenvalue weighted by molar-refractivity contribution is 6.30. The predicted molar refractivity (Wildman–Crippen MR) is 73.9 cm³/mol. The van der Waals surface area contributed by atoms with Gasteiger partial charge in [0.1, 0.15) is 0 Å². The zero-order valence-electron chi connectivity index (χ0n) is 11.5. The van der Waals surface area contributed by atoms with Crippen molar-refractivity contribution in [2.45, 2.75) is 32.9 Å². The van der Waals surface area contributed by atoms with Crippen LogP contribution in [-0.2, 0) is 14.3 Å². The third-order valence-electron chi connectivity index (χ3n) is 2.81. The minimum atomic E-state index is -0.750. The second-order valence-electron chi connectivity index (χ2n) is 4.50. The lowest BCUT2D eigenvalue weighted by Crippen LogP contribution is -2.42. The number of halogens is 1. The van der Waals surface area contributed by atoms with E-state index in [1.165, 1.54) is 18.9 Å². The third kappa shape index (κ3) is 3.70. The molecule has 0 N–H and O–H groups in total. The SMILES string of the molecule is COC(=O)C(c1ccc(Cl)cc1)N(C(C)=O)C(C)C. The molecule has 19 heavy (non-hydrogen) atoms. The lowest BCUT2D eigenvalue weighted by Gasteiger charge is -2.32. The van der Waals surface area contributed by atoms with Crippen molar-refractivity contribution in [1.29, 1.82) is 0 Å². The van der Waals surface area contributed by atoms with E-state index in [9.17, 15) is 9.59 Å². The van der Waals surface area contributed by atoms with Crippen molar-refractivity contribution >= 4 is 23.5 Å². The highest BCUT2D eigenvalue weighted by atomic mass is 35.5. The molecule has 1 aromatic carbocycles. The Balaban J connectivity index is 3.24. The fraction of sp³-hybridized carbons (Fsp3) is 0.429. The molecular formula is C14H18ClNO3. The maximum Gasteiger partial charge on any atom is 0.333 e. The molecule has 0 saturated carbocycles. The Morgan fingerprint density at radius 3 is 2.11 bits per heavy atom. The molecule has 0 heterocycles. The molecule has 0 bridgehead atoms. The highest BCUT2D eigenvalue weighted by Gasteiger charge is 2.32. The monoisotopic (exact) mass is 283 g/mol. The second-order valence-corrected chi connectivity index (χ2v) is 4.93. The van der Waals surface area contributed by atoms with Gasteiger partial charge in [0.15, 0.2) is 6.04 Å². The number of hydrogen-bond acceptors (Lipinski definition) is 3. The quantitative estimate of drug-likeness (QED) is 0.798. The number of nitrogens with zero attached hydrogens (tertiary/aromatic N) is 1. The van der Waals surface area contributed by atoms with Crippen molar-refractivity contribution in [2.75, 3.05) is 7.11 Å². The van der Waals surface area contributed by atoms with Gasteiger partial charge in [-0.1, -0.05) is 23.7 Å². The summed E-state index contributed by atoms with van der Waals surface area (Å²) in [6.45, 7) is 5.15. The molecule has 1 aromatic rings. The number of amides is 1. The number of rotatable bonds is 4. The molecule has 1 amide bonds. The van der Waals surface area contributed by atoms with Gasteiger partial charge in [-0.2, -0.15) is 0 Å². The van der Waals surface area contributed by atoms with Gasteiger partial charge in [0.25, 0.3) is 0 Å². The molecule has 4 nitrogen and oxygen atoms in total. The maximum atomic E-state index is 12.0. The van der Waals surface area contributed by atoms with Gasteiger partial charge in [0.05, 0.1) is 7.11 Å². The molecule has 0 aliphatic heterocycles. The molecule has 1 unspecified atom stereocenters. The molecular weight excluding hydrogens is 266 g/mol. The fourth-order valence-corrected chi connectivity index (χ4v) is 2.14. The molecule has 0 fully saturated rings. The van der Waals surface area contributed by atoms with E-state index in [4.69, 9.17) is 16.3 Å². The lowest BCUT2D eigenvalue weighted by molar-refractivity contribution is -0.154. The first-order chi connectivity index (χ1) is 8.88. The largest absolute Gasteiger partial charge is 0.467 e. The Morgan fingerprint density at radius 1 is 1.21 bits per heavy atom. The Bertz CT molecular complexity index is 456. The first-order valence-corrected chi connectivity index (χ1v) is 6.38. The van der Waals surface area contributed by atoms with Crippen molar-refractivity contribution in [3.63, 3.8) is 0 Å². The van der Waals surface area contributed by atoms with Crippen LogP contribution in [0.5, 0.6) is 0 Å². The van der Waals surface area contributed by atoms with Crippen LogP contribution in [0.1, 0.15) is 32.4 Å². The molecule has 0 aliphatic carbocycles. The molecule has 1 rings (SSSR count). The van der Waals surface area contributed by atoms with Gasteiger partial charge in [0.2, 0.25) is 5.91 Å². The molecule has 0 saturated heterocycles. The normalized spacial score (nSPS) is 12.1. The van der Waals surface area contributed by atoms with Crippen LogP contribution in [0.3, 0.4) is 0 Å². The predicted octanol–water partition coefficient (Wildman–Crippen LogP) is 2.81. The van der Waals surface area contributed by atoms with E-state index in [-0.39, 0.29) is 11.9 Å². The van der Waals surface area contributed by atoms with Gasteiger partial charge in [-0.15, -0.1) is 0 Å². The second kappa shape index (κ2) is 6.57. The van der Waals surface area contributed by atoms with Gasteiger partial charge in [0, 0.05) is 18.0 Å². The Labute approximate surface area is 118 Å². The van der Waals surface area contributed by atoms with Crippen LogP contribution in [0.15, 0.2) is 24.3 Å². The summed E-state index contributed by atoms with van der Waals surface area (Å²) in [4.78, 5) is 25.3. The first-order valence-electron chi connectivity index (χ1n) is 6.00. The number of esters is 1. The summed E-state index contributed by atoms with van der Waals surface area (Å²) in [5, 5.41) is 0.575. The number of ether oxygens (including phenoxy) is 1. The average molecular weight is 284 g/mol. The van der Waals surface area contributed by atoms with E-state index in [1.54, 1.807) is 24.3 Å². The molecule has 0 aliphatic rings. The minimum Gasteiger partial charge on any atom is -0.467 e. The number of benzene rings is 1. The molecule has 5 heteroatoms. The number of hydrogen-bond donors (Lipinski definition) is 0. The van der Waals surface area contributed by atoms with Crippen molar-refractivity contribution in [1.82, 2.24) is 4.90 Å². The Kier molecular flexibility index (Phi) is 5.36. The summed E-state index contributed by atoms with van der Waals surface area (Å²) >= 11 is 5.84. The first kappa shape index (κ1) is 15.5. The summed E-state index contributed by atoms with van der Waals surface area (Å²) < 4.78 is 4.81. The summed E-state index contributed by atoms with van der Waals surface area (Å²) in [7, 11) is 1.31. The van der Waals surface area contributed by atoms with E-state index >= 15 is 0 Å². The lowest BCUT2D eigenvalue weighted by atomic mass is 10.0. The summed E-state index contributed by atoms with van der Waals surface area (Å²) in [6.07, 6.45) is 0. The van der Waals surface area contributed by atoms with Gasteiger partial charge in [-0.3, -0.25) is 4.79 Å². The van der Waals surface area contributed by atoms with Crippen LogP contribution >= 0.6 is 11.6 Å². The van der Waals surface area contributed by atoms with Crippen molar-refractivity contribution < 1.29 is 14.3 Å². The fourth-order valence-electron chi connectivity index (χ4n) is 2.01. The van der Waals surface area contributed by atoms with Crippen LogP contribution in [-0.4, -0.2) is 29.9 Å². The molecule has 104 valence electrons. The summed E-state index contributed by atoms with van der Waals surface area (Å²) in [5.41, 5.74) is 0.681. The Morgan fingerprint density at radius 2 is 1.74 bits per heavy atom. The van der Waals surface area contributed by atoms with Gasteiger partial charge in [-0.05, 0) is 31.5 Å². The number of carbonyl (C=O) groups excluding carboxylic acids is 2. The average Bonchev–Trinajstić information content (AvgIpc) is 2.35. The maximum absolute atomic E-state index is 12.0. The number of carbonyl (C=O) groups is 2. The van der Waals surface area contributed by atoms with Crippen LogP contribution < -0.4 is 0 Å². The summed E-state index contributed by atoms with van der Waals surface area (Å²) in [5.74, 6) is -0.647. The Hall–Kier alpha value is -1.55. The zero-order valence-corrected chi connectivity index (χ0v) is 12.3. The summed E-state index contributed by atoms with van der Waals surface area (Å²) in [6, 6.07) is 5.96. The van der Waals surface area contributed by atoms with Crippen molar-refractivity contribution in [2.24, 2.45) is 0 Å². The van der Waals surface area contributed by atoms with Crippen LogP contribution in [0.2, 0.25) is 5.02 Å². The van der Waals surface area contributed by atoms with E-state index < -0.39 is 12.0 Å². The molecule has 0 radical (unpaired) electrons. The van der Waals surface area contributed by atoms with Crippen LogP contribution in [0.4, 0.5) is 0 Å². The van der Waals surface area contributed by atoms with Gasteiger partial charge >= 0.3 is 5.97 Å².